The van der Waals surface area contributed by atoms with Gasteiger partial charge in [0.05, 0.1) is 30.6 Å². The number of aryl methyl sites for hydroxylation is 1. The van der Waals surface area contributed by atoms with Crippen molar-refractivity contribution < 1.29 is 27.5 Å². The van der Waals surface area contributed by atoms with Crippen molar-refractivity contribution in [3.05, 3.63) is 29.8 Å². The average molecular weight is 384 g/mol. The van der Waals surface area contributed by atoms with Crippen LogP contribution in [0.4, 0.5) is 0 Å². The standard InChI is InChI=1S/C17H24N2O6S/c1-11-5-7-13(8-6-11)26(22,23)19-12(2)15(20)9-14(17(19)25-4)18-10-16(21)24-3/h5-8,12,14,17-18H,9-10H2,1-4H3/t12-,14-,17+/m0/s1. The molecule has 1 saturated heterocycles. The predicted octanol–water partition coefficient (Wildman–Crippen LogP) is 0.451. The summed E-state index contributed by atoms with van der Waals surface area (Å²) < 4.78 is 37.3. The molecule has 26 heavy (non-hydrogen) atoms. The maximum Gasteiger partial charge on any atom is 0.319 e. The zero-order valence-electron chi connectivity index (χ0n) is 15.3. The van der Waals surface area contributed by atoms with Gasteiger partial charge in [-0.15, -0.1) is 0 Å². The van der Waals surface area contributed by atoms with E-state index in [9.17, 15) is 18.0 Å². The Morgan fingerprint density at radius 3 is 2.42 bits per heavy atom. The zero-order valence-corrected chi connectivity index (χ0v) is 16.1. The molecule has 3 atom stereocenters. The summed E-state index contributed by atoms with van der Waals surface area (Å²) in [6.45, 7) is 3.24. The van der Waals surface area contributed by atoms with Crippen LogP contribution in [0.25, 0.3) is 0 Å². The Morgan fingerprint density at radius 1 is 1.27 bits per heavy atom. The predicted molar refractivity (Wildman–Crippen MR) is 93.9 cm³/mol. The molecule has 1 aliphatic heterocycles. The Bertz CT molecular complexity index is 762. The molecule has 144 valence electrons. The lowest BCUT2D eigenvalue weighted by molar-refractivity contribution is -0.142. The molecule has 0 bridgehead atoms. The van der Waals surface area contributed by atoms with Crippen molar-refractivity contribution in [1.29, 1.82) is 0 Å². The van der Waals surface area contributed by atoms with Crippen LogP contribution in [-0.2, 0) is 29.1 Å². The SMILES string of the molecule is COC(=O)CN[C@H]1CC(=O)[C@H](C)N(S(=O)(=O)c2ccc(C)cc2)[C@@H]1OC. The fraction of sp³-hybridized carbons (Fsp3) is 0.529. The van der Waals surface area contributed by atoms with Gasteiger partial charge in [-0.05, 0) is 26.0 Å². The Morgan fingerprint density at radius 2 is 1.88 bits per heavy atom. The Balaban J connectivity index is 2.37. The number of rotatable bonds is 6. The monoisotopic (exact) mass is 384 g/mol. The van der Waals surface area contributed by atoms with Gasteiger partial charge in [0.25, 0.3) is 0 Å². The van der Waals surface area contributed by atoms with E-state index in [1.165, 1.54) is 33.3 Å². The maximum atomic E-state index is 13.1. The van der Waals surface area contributed by atoms with Crippen LogP contribution in [0.5, 0.6) is 0 Å². The Labute approximate surface area is 153 Å². The van der Waals surface area contributed by atoms with Gasteiger partial charge < -0.3 is 9.47 Å². The molecule has 1 N–H and O–H groups in total. The minimum absolute atomic E-state index is 0.0522. The summed E-state index contributed by atoms with van der Waals surface area (Å²) in [7, 11) is -1.35. The lowest BCUT2D eigenvalue weighted by Gasteiger charge is -2.42. The first-order chi connectivity index (χ1) is 12.2. The highest BCUT2D eigenvalue weighted by Gasteiger charge is 2.47. The second-order valence-electron chi connectivity index (χ2n) is 6.18. The number of nitrogens with zero attached hydrogens (tertiary/aromatic N) is 1. The molecule has 0 spiro atoms. The van der Waals surface area contributed by atoms with Crippen LogP contribution in [0.1, 0.15) is 18.9 Å². The first-order valence-electron chi connectivity index (χ1n) is 8.18. The molecule has 9 heteroatoms. The van der Waals surface area contributed by atoms with Gasteiger partial charge >= 0.3 is 5.97 Å². The normalized spacial score (nSPS) is 24.5. The number of carbonyl (C=O) groups is 2. The summed E-state index contributed by atoms with van der Waals surface area (Å²) in [4.78, 5) is 23.9. The van der Waals surface area contributed by atoms with E-state index in [4.69, 9.17) is 4.74 Å². The van der Waals surface area contributed by atoms with E-state index < -0.39 is 34.3 Å². The number of ketones is 1. The summed E-state index contributed by atoms with van der Waals surface area (Å²) in [6.07, 6.45) is -0.880. The van der Waals surface area contributed by atoms with Crippen molar-refractivity contribution in [2.45, 2.75) is 43.5 Å². The highest BCUT2D eigenvalue weighted by molar-refractivity contribution is 7.89. The van der Waals surface area contributed by atoms with E-state index in [-0.39, 0.29) is 23.6 Å². The highest BCUT2D eigenvalue weighted by Crippen LogP contribution is 2.29. The molecule has 8 nitrogen and oxygen atoms in total. The molecule has 1 heterocycles. The van der Waals surface area contributed by atoms with Crippen molar-refractivity contribution in [3.63, 3.8) is 0 Å². The quantitative estimate of drug-likeness (QED) is 0.711. The van der Waals surface area contributed by atoms with Crippen molar-refractivity contribution in [3.8, 4) is 0 Å². The summed E-state index contributed by atoms with van der Waals surface area (Å²) >= 11 is 0. The van der Waals surface area contributed by atoms with E-state index in [1.807, 2.05) is 6.92 Å². The van der Waals surface area contributed by atoms with Crippen LogP contribution in [0, 0.1) is 6.92 Å². The van der Waals surface area contributed by atoms with Crippen LogP contribution in [0.2, 0.25) is 0 Å². The van der Waals surface area contributed by atoms with Gasteiger partial charge in [0.2, 0.25) is 10.0 Å². The van der Waals surface area contributed by atoms with E-state index in [0.29, 0.717) is 0 Å². The Kier molecular flexibility index (Phi) is 6.51. The van der Waals surface area contributed by atoms with Crippen molar-refractivity contribution in [2.24, 2.45) is 0 Å². The topological polar surface area (TPSA) is 102 Å². The van der Waals surface area contributed by atoms with Crippen molar-refractivity contribution in [1.82, 2.24) is 9.62 Å². The maximum absolute atomic E-state index is 13.1. The zero-order chi connectivity index (χ0) is 19.5. The molecule has 1 aromatic rings. The molecule has 0 amide bonds. The summed E-state index contributed by atoms with van der Waals surface area (Å²) in [5.41, 5.74) is 0.924. The van der Waals surface area contributed by atoms with Gasteiger partial charge in [-0.2, -0.15) is 4.31 Å². The van der Waals surface area contributed by atoms with Crippen LogP contribution in [-0.4, -0.2) is 63.6 Å². The van der Waals surface area contributed by atoms with Crippen molar-refractivity contribution in [2.75, 3.05) is 20.8 Å². The first-order valence-corrected chi connectivity index (χ1v) is 9.62. The fourth-order valence-corrected chi connectivity index (χ4v) is 4.70. The number of carbonyl (C=O) groups excluding carboxylic acids is 2. The van der Waals surface area contributed by atoms with Gasteiger partial charge in [0.15, 0.2) is 5.78 Å². The third kappa shape index (κ3) is 4.12. The molecule has 2 rings (SSSR count). The third-order valence-corrected chi connectivity index (χ3v) is 6.38. The number of hydrogen-bond acceptors (Lipinski definition) is 7. The van der Waals surface area contributed by atoms with E-state index >= 15 is 0 Å². The van der Waals surface area contributed by atoms with Crippen molar-refractivity contribution >= 4 is 21.8 Å². The minimum atomic E-state index is -3.97. The summed E-state index contributed by atoms with van der Waals surface area (Å²) in [5, 5.41) is 2.86. The molecular weight excluding hydrogens is 360 g/mol. The molecule has 1 aromatic carbocycles. The molecular formula is C17H24N2O6S. The number of methoxy groups -OCH3 is 2. The highest BCUT2D eigenvalue weighted by atomic mass is 32.2. The number of hydrogen-bond donors (Lipinski definition) is 1. The number of esters is 1. The van der Waals surface area contributed by atoms with Crippen LogP contribution < -0.4 is 5.32 Å². The number of ether oxygens (including phenoxy) is 2. The fourth-order valence-electron chi connectivity index (χ4n) is 2.93. The smallest absolute Gasteiger partial charge is 0.319 e. The molecule has 1 fully saturated rings. The van der Waals surface area contributed by atoms with E-state index in [2.05, 4.69) is 10.1 Å². The second kappa shape index (κ2) is 8.26. The number of sulfonamides is 1. The van der Waals surface area contributed by atoms with Gasteiger partial charge in [-0.25, -0.2) is 8.42 Å². The van der Waals surface area contributed by atoms with Gasteiger partial charge in [-0.1, -0.05) is 17.7 Å². The Hall–Kier alpha value is -1.81. The third-order valence-electron chi connectivity index (χ3n) is 4.44. The molecule has 0 radical (unpaired) electrons. The van der Waals surface area contributed by atoms with E-state index in [1.54, 1.807) is 12.1 Å². The lowest BCUT2D eigenvalue weighted by atomic mass is 9.98. The first kappa shape index (κ1) is 20.5. The number of nitrogens with one attached hydrogen (secondary N) is 1. The molecule has 1 aliphatic rings. The van der Waals surface area contributed by atoms with Gasteiger partial charge in [-0.3, -0.25) is 14.9 Å². The largest absolute Gasteiger partial charge is 0.468 e. The summed E-state index contributed by atoms with van der Waals surface area (Å²) in [5.74, 6) is -0.768. The molecule has 0 unspecified atom stereocenters. The number of benzene rings is 1. The summed E-state index contributed by atoms with van der Waals surface area (Å²) in [6, 6.07) is 4.85. The second-order valence-corrected chi connectivity index (χ2v) is 8.03. The molecule has 0 aromatic heterocycles. The van der Waals surface area contributed by atoms with Crippen LogP contribution in [0.15, 0.2) is 29.2 Å². The number of Topliss-reactive ketones (excluding diaryl/α,β-unsaturated/α-hetero) is 1. The molecule has 0 aliphatic carbocycles. The van der Waals surface area contributed by atoms with Gasteiger partial charge in [0.1, 0.15) is 6.23 Å². The minimum Gasteiger partial charge on any atom is -0.468 e. The number of piperidine rings is 1. The van der Waals surface area contributed by atoms with Crippen LogP contribution in [0.3, 0.4) is 0 Å². The lowest BCUT2D eigenvalue weighted by Crippen LogP contribution is -2.63. The van der Waals surface area contributed by atoms with Crippen LogP contribution >= 0.6 is 0 Å². The van der Waals surface area contributed by atoms with E-state index in [0.717, 1.165) is 9.87 Å². The average Bonchev–Trinajstić information content (AvgIpc) is 2.61. The molecule has 0 saturated carbocycles. The van der Waals surface area contributed by atoms with Gasteiger partial charge in [0, 0.05) is 13.5 Å².